The number of nitrogens with one attached hydrogen (secondary N) is 2. The Morgan fingerprint density at radius 1 is 1.45 bits per heavy atom. The van der Waals surface area contributed by atoms with E-state index in [1.165, 1.54) is 6.92 Å². The number of carbonyl (C=O) groups excluding carboxylic acids is 2. The highest BCUT2D eigenvalue weighted by molar-refractivity contribution is 9.10. The highest BCUT2D eigenvalue weighted by Gasteiger charge is 2.17. The van der Waals surface area contributed by atoms with Gasteiger partial charge in [-0.1, -0.05) is 15.9 Å². The second kappa shape index (κ2) is 7.86. The molecule has 6 nitrogen and oxygen atoms in total. The summed E-state index contributed by atoms with van der Waals surface area (Å²) in [6.07, 6.45) is -0.828. The second-order valence-electron chi connectivity index (χ2n) is 4.02. The Morgan fingerprint density at radius 2 is 2.15 bits per heavy atom. The molecule has 20 heavy (non-hydrogen) atoms. The zero-order valence-electron chi connectivity index (χ0n) is 11.3. The summed E-state index contributed by atoms with van der Waals surface area (Å²) in [5, 5.41) is 13.8. The van der Waals surface area contributed by atoms with E-state index in [-0.39, 0.29) is 6.61 Å². The van der Waals surface area contributed by atoms with Crippen LogP contribution in [0.3, 0.4) is 0 Å². The van der Waals surface area contributed by atoms with Crippen LogP contribution in [0, 0.1) is 0 Å². The molecule has 0 aromatic heterocycles. The number of aliphatic hydroxyl groups is 1. The maximum Gasteiger partial charge on any atom is 0.321 e. The molecule has 0 fully saturated rings. The molecule has 3 N–H and O–H groups in total. The fourth-order valence-corrected chi connectivity index (χ4v) is 1.79. The van der Waals surface area contributed by atoms with E-state index in [1.807, 2.05) is 0 Å². The van der Waals surface area contributed by atoms with Crippen LogP contribution in [0.4, 0.5) is 4.79 Å². The maximum atomic E-state index is 11.7. The van der Waals surface area contributed by atoms with Crippen molar-refractivity contribution in [3.63, 3.8) is 0 Å². The molecule has 0 aliphatic carbocycles. The van der Waals surface area contributed by atoms with Gasteiger partial charge in [0.2, 0.25) is 0 Å². The Bertz CT molecular complexity index is 493. The molecule has 0 radical (unpaired) electrons. The molecular formula is C13H17BrN2O4. The van der Waals surface area contributed by atoms with Gasteiger partial charge < -0.3 is 15.2 Å². The topological polar surface area (TPSA) is 87.7 Å². The number of hydrogen-bond donors (Lipinski definition) is 3. The van der Waals surface area contributed by atoms with Crippen LogP contribution in [0.15, 0.2) is 22.7 Å². The van der Waals surface area contributed by atoms with E-state index in [4.69, 9.17) is 9.84 Å². The van der Waals surface area contributed by atoms with Crippen LogP contribution in [0.25, 0.3) is 0 Å². The molecule has 110 valence electrons. The Balaban J connectivity index is 2.63. The third kappa shape index (κ3) is 4.82. The van der Waals surface area contributed by atoms with Gasteiger partial charge in [-0.25, -0.2) is 4.79 Å². The van der Waals surface area contributed by atoms with Crippen LogP contribution < -0.4 is 15.4 Å². The van der Waals surface area contributed by atoms with Crippen LogP contribution in [0.5, 0.6) is 5.75 Å². The van der Waals surface area contributed by atoms with Crippen LogP contribution >= 0.6 is 15.9 Å². The maximum absolute atomic E-state index is 11.7. The molecular weight excluding hydrogens is 328 g/mol. The summed E-state index contributed by atoms with van der Waals surface area (Å²) in [6, 6.07) is 4.45. The predicted molar refractivity (Wildman–Crippen MR) is 77.4 cm³/mol. The molecule has 0 aliphatic heterocycles. The van der Waals surface area contributed by atoms with Crippen molar-refractivity contribution in [2.75, 3.05) is 6.54 Å². The minimum atomic E-state index is -0.828. The number of aliphatic hydroxyl groups excluding tert-OH is 1. The summed E-state index contributed by atoms with van der Waals surface area (Å²) >= 11 is 3.29. The molecule has 1 aromatic rings. The predicted octanol–water partition coefficient (Wildman–Crippen LogP) is 1.55. The number of carbonyl (C=O) groups is 2. The quantitative estimate of drug-likeness (QED) is 0.756. The van der Waals surface area contributed by atoms with E-state index in [9.17, 15) is 9.59 Å². The number of amides is 3. The molecule has 3 amide bonds. The van der Waals surface area contributed by atoms with E-state index >= 15 is 0 Å². The third-order valence-corrected chi connectivity index (χ3v) is 3.22. The summed E-state index contributed by atoms with van der Waals surface area (Å²) < 4.78 is 6.18. The van der Waals surface area contributed by atoms with Crippen molar-refractivity contribution in [1.29, 1.82) is 0 Å². The summed E-state index contributed by atoms with van der Waals surface area (Å²) in [4.78, 5) is 22.9. The number of urea groups is 1. The highest BCUT2D eigenvalue weighted by atomic mass is 79.9. The summed E-state index contributed by atoms with van der Waals surface area (Å²) in [6.45, 7) is 3.58. The first-order valence-corrected chi connectivity index (χ1v) is 6.91. The zero-order chi connectivity index (χ0) is 15.1. The number of hydrogen-bond acceptors (Lipinski definition) is 4. The van der Waals surface area contributed by atoms with Crippen LogP contribution in [-0.2, 0) is 11.4 Å². The first-order valence-electron chi connectivity index (χ1n) is 6.12. The Labute approximate surface area is 125 Å². The Kier molecular flexibility index (Phi) is 6.47. The molecule has 0 spiro atoms. The second-order valence-corrected chi connectivity index (χ2v) is 4.87. The van der Waals surface area contributed by atoms with Crippen molar-refractivity contribution in [2.45, 2.75) is 26.6 Å². The van der Waals surface area contributed by atoms with Crippen molar-refractivity contribution in [1.82, 2.24) is 10.6 Å². The third-order valence-electron chi connectivity index (χ3n) is 2.44. The number of imide groups is 1. The standard InChI is InChI=1S/C13H17BrN2O4/c1-3-15-13(19)16-12(18)8(2)20-10-4-5-11(14)9(6-10)7-17/h4-6,8,17H,3,7H2,1-2H3,(H2,15,16,18,19). The van der Waals surface area contributed by atoms with Crippen molar-refractivity contribution in [3.05, 3.63) is 28.2 Å². The molecule has 1 aromatic carbocycles. The molecule has 0 saturated heterocycles. The number of rotatable bonds is 5. The van der Waals surface area contributed by atoms with Crippen molar-refractivity contribution in [3.8, 4) is 5.75 Å². The first kappa shape index (κ1) is 16.5. The number of halogens is 1. The lowest BCUT2D eigenvalue weighted by atomic mass is 10.2. The molecule has 0 heterocycles. The molecule has 7 heteroatoms. The van der Waals surface area contributed by atoms with Gasteiger partial charge in [-0.05, 0) is 37.6 Å². The summed E-state index contributed by atoms with van der Waals surface area (Å²) in [5.74, 6) is -0.0970. The van der Waals surface area contributed by atoms with Gasteiger partial charge in [0, 0.05) is 11.0 Å². The van der Waals surface area contributed by atoms with Gasteiger partial charge in [-0.3, -0.25) is 10.1 Å². The molecule has 0 saturated carbocycles. The molecule has 1 rings (SSSR count). The van der Waals surface area contributed by atoms with Gasteiger partial charge in [0.05, 0.1) is 6.61 Å². The lowest BCUT2D eigenvalue weighted by Gasteiger charge is -2.15. The van der Waals surface area contributed by atoms with E-state index in [0.717, 1.165) is 4.47 Å². The number of benzene rings is 1. The molecule has 0 bridgehead atoms. The Hall–Kier alpha value is -1.60. The van der Waals surface area contributed by atoms with Gasteiger partial charge >= 0.3 is 6.03 Å². The fraction of sp³-hybridized carbons (Fsp3) is 0.385. The molecule has 1 atom stereocenters. The van der Waals surface area contributed by atoms with Gasteiger partial charge in [-0.15, -0.1) is 0 Å². The lowest BCUT2D eigenvalue weighted by Crippen LogP contribution is -2.45. The van der Waals surface area contributed by atoms with Gasteiger partial charge in [0.15, 0.2) is 6.10 Å². The average molecular weight is 345 g/mol. The Morgan fingerprint density at radius 3 is 2.75 bits per heavy atom. The largest absolute Gasteiger partial charge is 0.481 e. The fourth-order valence-electron chi connectivity index (χ4n) is 1.42. The average Bonchev–Trinajstić information content (AvgIpc) is 2.41. The summed E-state index contributed by atoms with van der Waals surface area (Å²) in [5.41, 5.74) is 0.652. The highest BCUT2D eigenvalue weighted by Crippen LogP contribution is 2.23. The van der Waals surface area contributed by atoms with Gasteiger partial charge in [-0.2, -0.15) is 0 Å². The van der Waals surface area contributed by atoms with Gasteiger partial charge in [0.1, 0.15) is 5.75 Å². The van der Waals surface area contributed by atoms with E-state index in [2.05, 4.69) is 26.6 Å². The SMILES string of the molecule is CCNC(=O)NC(=O)C(C)Oc1ccc(Br)c(CO)c1. The van der Waals surface area contributed by atoms with E-state index < -0.39 is 18.0 Å². The van der Waals surface area contributed by atoms with Crippen LogP contribution in [-0.4, -0.2) is 29.7 Å². The van der Waals surface area contributed by atoms with Crippen molar-refractivity contribution >= 4 is 27.9 Å². The number of ether oxygens (including phenoxy) is 1. The molecule has 0 aliphatic rings. The first-order chi connectivity index (χ1) is 9.47. The minimum absolute atomic E-state index is 0.142. The van der Waals surface area contributed by atoms with Crippen molar-refractivity contribution in [2.24, 2.45) is 0 Å². The lowest BCUT2D eigenvalue weighted by molar-refractivity contribution is -0.126. The van der Waals surface area contributed by atoms with Crippen LogP contribution in [0.2, 0.25) is 0 Å². The monoisotopic (exact) mass is 344 g/mol. The normalized spacial score (nSPS) is 11.6. The van der Waals surface area contributed by atoms with Crippen LogP contribution in [0.1, 0.15) is 19.4 Å². The summed E-state index contributed by atoms with van der Waals surface area (Å²) in [7, 11) is 0. The van der Waals surface area contributed by atoms with Gasteiger partial charge in [0.25, 0.3) is 5.91 Å². The van der Waals surface area contributed by atoms with E-state index in [0.29, 0.717) is 17.9 Å². The zero-order valence-corrected chi connectivity index (χ0v) is 12.9. The smallest absolute Gasteiger partial charge is 0.321 e. The molecule has 1 unspecified atom stereocenters. The minimum Gasteiger partial charge on any atom is -0.481 e. The van der Waals surface area contributed by atoms with Crippen molar-refractivity contribution < 1.29 is 19.4 Å². The van der Waals surface area contributed by atoms with E-state index in [1.54, 1.807) is 25.1 Å².